The Morgan fingerprint density at radius 2 is 2.14 bits per heavy atom. The van der Waals surface area contributed by atoms with Crippen LogP contribution in [-0.4, -0.2) is 22.0 Å². The molecule has 0 atom stereocenters. The van der Waals surface area contributed by atoms with Crippen molar-refractivity contribution >= 4 is 11.5 Å². The van der Waals surface area contributed by atoms with Gasteiger partial charge in [-0.3, -0.25) is 4.98 Å². The molecule has 0 aliphatic rings. The van der Waals surface area contributed by atoms with Gasteiger partial charge in [0.1, 0.15) is 5.82 Å². The van der Waals surface area contributed by atoms with Crippen LogP contribution in [0.3, 0.4) is 0 Å². The lowest BCUT2D eigenvalue weighted by atomic mass is 10.1. The molecule has 0 radical (unpaired) electrons. The largest absolute Gasteiger partial charge is 0.493 e. The molecule has 0 saturated heterocycles. The van der Waals surface area contributed by atoms with Gasteiger partial charge in [0.2, 0.25) is 5.82 Å². The van der Waals surface area contributed by atoms with E-state index in [0.717, 1.165) is 0 Å². The molecule has 0 fully saturated rings. The smallest absolute Gasteiger partial charge is 0.303 e. The van der Waals surface area contributed by atoms with Gasteiger partial charge >= 0.3 is 5.92 Å². The summed E-state index contributed by atoms with van der Waals surface area (Å²) < 4.78 is 53.7. The summed E-state index contributed by atoms with van der Waals surface area (Å²) >= 11 is 0. The number of anilines is 2. The molecule has 0 saturated carbocycles. The van der Waals surface area contributed by atoms with E-state index >= 15 is 0 Å². The number of pyridine rings is 1. The van der Waals surface area contributed by atoms with Gasteiger partial charge in [-0.15, -0.1) is 0 Å². The number of ether oxygens (including phenoxy) is 1. The van der Waals surface area contributed by atoms with E-state index in [1.54, 1.807) is 0 Å². The van der Waals surface area contributed by atoms with Gasteiger partial charge in [-0.1, -0.05) is 13.8 Å². The molecule has 0 spiro atoms. The lowest BCUT2D eigenvalue weighted by Crippen LogP contribution is -2.15. The zero-order chi connectivity index (χ0) is 18.8. The number of aromatic nitrogens is 3. The van der Waals surface area contributed by atoms with E-state index in [1.807, 2.05) is 13.8 Å². The molecule has 1 N–H and O–H groups in total. The molecule has 0 aromatic carbocycles. The third-order valence-electron chi connectivity index (χ3n) is 2.89. The van der Waals surface area contributed by atoms with Crippen LogP contribution in [-0.2, 0) is 5.92 Å². The molecule has 118 valence electrons. The Kier molecular flexibility index (Phi) is 3.46. The summed E-state index contributed by atoms with van der Waals surface area (Å²) in [7, 11) is -2.67. The van der Waals surface area contributed by atoms with Gasteiger partial charge in [0.05, 0.1) is 23.0 Å². The minimum atomic E-state index is -3.21. The van der Waals surface area contributed by atoms with E-state index in [9.17, 15) is 8.78 Å². The van der Waals surface area contributed by atoms with Crippen molar-refractivity contribution in [1.82, 2.24) is 15.0 Å². The summed E-state index contributed by atoms with van der Waals surface area (Å²) in [4.78, 5) is 11.5. The second-order valence-corrected chi connectivity index (χ2v) is 5.14. The summed E-state index contributed by atoms with van der Waals surface area (Å²) in [5, 5.41) is 2.80. The number of alkyl halides is 2. The first-order chi connectivity index (χ1) is 11.5. The van der Waals surface area contributed by atoms with E-state index in [2.05, 4.69) is 20.3 Å². The summed E-state index contributed by atoms with van der Waals surface area (Å²) in [6, 6.07) is 2.99. The predicted molar refractivity (Wildman–Crippen MR) is 79.8 cm³/mol. The molecule has 0 amide bonds. The Balaban J connectivity index is 2.42. The highest BCUT2D eigenvalue weighted by Gasteiger charge is 2.29. The van der Waals surface area contributed by atoms with Crippen LogP contribution in [0.15, 0.2) is 24.5 Å². The lowest BCUT2D eigenvalue weighted by molar-refractivity contribution is 0.00757. The molecule has 2 aromatic heterocycles. The van der Waals surface area contributed by atoms with Gasteiger partial charge in [-0.05, 0) is 12.0 Å². The van der Waals surface area contributed by atoms with Crippen LogP contribution in [0.2, 0.25) is 0 Å². The number of halogens is 2. The molecule has 2 heterocycles. The Bertz CT molecular complexity index is 748. The second-order valence-electron chi connectivity index (χ2n) is 5.14. The van der Waals surface area contributed by atoms with Crippen molar-refractivity contribution < 1.29 is 17.6 Å². The van der Waals surface area contributed by atoms with Gasteiger partial charge < -0.3 is 10.1 Å². The van der Waals surface area contributed by atoms with Crippen LogP contribution >= 0.6 is 0 Å². The zero-order valence-corrected chi connectivity index (χ0v) is 12.4. The average molecular weight is 311 g/mol. The predicted octanol–water partition coefficient (Wildman–Crippen LogP) is 3.86. The fourth-order valence-corrected chi connectivity index (χ4v) is 1.72. The summed E-state index contributed by atoms with van der Waals surface area (Å²) in [6.45, 7) is 4.35. The van der Waals surface area contributed by atoms with E-state index in [0.29, 0.717) is 12.6 Å². The van der Waals surface area contributed by atoms with Gasteiger partial charge in [0.25, 0.3) is 0 Å². The maximum atomic E-state index is 13.7. The van der Waals surface area contributed by atoms with Gasteiger partial charge in [0, 0.05) is 24.9 Å². The molecule has 2 aromatic rings. The Morgan fingerprint density at radius 3 is 2.77 bits per heavy atom. The normalized spacial score (nSPS) is 14.2. The van der Waals surface area contributed by atoms with E-state index in [-0.39, 0.29) is 23.2 Å². The number of methoxy groups -OCH3 is 1. The molecule has 5 nitrogen and oxygen atoms in total. The molecule has 22 heavy (non-hydrogen) atoms. The van der Waals surface area contributed by atoms with Crippen molar-refractivity contribution in [2.75, 3.05) is 12.4 Å². The topological polar surface area (TPSA) is 59.9 Å². The van der Waals surface area contributed by atoms with E-state index in [1.165, 1.54) is 24.5 Å². The monoisotopic (exact) mass is 311 g/mol. The number of hydrogen-bond acceptors (Lipinski definition) is 5. The van der Waals surface area contributed by atoms with Gasteiger partial charge in [0.15, 0.2) is 5.75 Å². The first-order valence-corrected chi connectivity index (χ1v) is 6.63. The first kappa shape index (κ1) is 12.3. The number of nitrogens with one attached hydrogen (secondary N) is 1. The molecule has 2 rings (SSSR count). The highest BCUT2D eigenvalue weighted by molar-refractivity contribution is 5.63. The van der Waals surface area contributed by atoms with Crippen molar-refractivity contribution in [3.63, 3.8) is 0 Å². The van der Waals surface area contributed by atoms with Crippen molar-refractivity contribution in [2.45, 2.75) is 32.6 Å². The lowest BCUT2D eigenvalue weighted by Gasteiger charge is -2.16. The van der Waals surface area contributed by atoms with Gasteiger partial charge in [-0.2, -0.15) is 8.78 Å². The Labute approximate surface area is 132 Å². The molecule has 0 aliphatic heterocycles. The van der Waals surface area contributed by atoms with E-state index in [4.69, 9.17) is 8.85 Å². The quantitative estimate of drug-likeness (QED) is 0.908. The third-order valence-corrected chi connectivity index (χ3v) is 2.89. The van der Waals surface area contributed by atoms with Gasteiger partial charge in [-0.25, -0.2) is 9.97 Å². The van der Waals surface area contributed by atoms with Crippen molar-refractivity contribution in [1.29, 1.82) is 0 Å². The second kappa shape index (κ2) is 6.21. The molecular formula is C15H18F2N4O. The van der Waals surface area contributed by atoms with Crippen LogP contribution in [0, 0.1) is 0 Å². The maximum absolute atomic E-state index is 13.7. The zero-order valence-electron chi connectivity index (χ0n) is 15.4. The molecular weight excluding hydrogens is 290 g/mol. The number of rotatable bonds is 5. The molecule has 0 bridgehead atoms. The maximum Gasteiger partial charge on any atom is 0.303 e. The summed E-state index contributed by atoms with van der Waals surface area (Å²) in [5.41, 5.74) is 0.672. The highest BCUT2D eigenvalue weighted by atomic mass is 19.3. The molecule has 7 heteroatoms. The molecule has 0 aliphatic carbocycles. The number of hydrogen-bond donors (Lipinski definition) is 1. The van der Waals surface area contributed by atoms with E-state index < -0.39 is 18.8 Å². The number of nitrogens with zero attached hydrogens (tertiary/aromatic N) is 3. The minimum absolute atomic E-state index is 0.0444. The summed E-state index contributed by atoms with van der Waals surface area (Å²) in [5.74, 6) is -3.86. The van der Waals surface area contributed by atoms with Crippen LogP contribution in [0.25, 0.3) is 0 Å². The first-order valence-electron chi connectivity index (χ1n) is 8.13. The third kappa shape index (κ3) is 3.66. The van der Waals surface area contributed by atoms with Crippen LogP contribution in [0.5, 0.6) is 5.75 Å². The fraction of sp³-hybridized carbons (Fsp3) is 0.400. The molecule has 0 unspecified atom stereocenters. The SMILES string of the molecule is [2H]C([2H])([2H])Oc1cnccc1Nc1cc(C(C)C)nc(C(C)(F)F)n1. The standard InChI is InChI=1S/C15H18F2N4O/c1-9(2)11-7-13(21-14(20-11)15(3,16)17)19-10-5-6-18-8-12(10)22-4/h5-9H,1-4H3,(H,18,19,20,21)/i4D3. The van der Waals surface area contributed by atoms with Crippen LogP contribution in [0.1, 0.15) is 42.3 Å². The average Bonchev–Trinajstić information content (AvgIpc) is 2.46. The van der Waals surface area contributed by atoms with Crippen LogP contribution in [0.4, 0.5) is 20.3 Å². The highest BCUT2D eigenvalue weighted by Crippen LogP contribution is 2.30. The Hall–Kier alpha value is -2.31. The minimum Gasteiger partial charge on any atom is -0.493 e. The van der Waals surface area contributed by atoms with Crippen molar-refractivity contribution in [2.24, 2.45) is 0 Å². The van der Waals surface area contributed by atoms with Crippen molar-refractivity contribution in [3.05, 3.63) is 36.0 Å². The fourth-order valence-electron chi connectivity index (χ4n) is 1.72. The van der Waals surface area contributed by atoms with Crippen LogP contribution < -0.4 is 10.1 Å². The summed E-state index contributed by atoms with van der Waals surface area (Å²) in [6.07, 6.45) is 2.63. The van der Waals surface area contributed by atoms with Crippen molar-refractivity contribution in [3.8, 4) is 5.75 Å². The Morgan fingerprint density at radius 1 is 1.36 bits per heavy atom.